The van der Waals surface area contributed by atoms with E-state index in [1.165, 1.54) is 0 Å². The zero-order valence-corrected chi connectivity index (χ0v) is 12.6. The number of nitrogen functional groups attached to an aromatic ring is 1. The third-order valence-electron chi connectivity index (χ3n) is 3.23. The molecule has 21 heavy (non-hydrogen) atoms. The van der Waals surface area contributed by atoms with Gasteiger partial charge in [0, 0.05) is 27.6 Å². The molecule has 3 aromatic rings. The van der Waals surface area contributed by atoms with Crippen molar-refractivity contribution in [3.8, 4) is 6.07 Å². The highest BCUT2D eigenvalue weighted by molar-refractivity contribution is 9.10. The number of hydrogen-bond acceptors (Lipinski definition) is 4. The first-order valence-electron chi connectivity index (χ1n) is 6.28. The van der Waals surface area contributed by atoms with Gasteiger partial charge < -0.3 is 11.1 Å². The largest absolute Gasteiger partial charge is 0.397 e. The quantitative estimate of drug-likeness (QED) is 0.687. The van der Waals surface area contributed by atoms with Crippen LogP contribution < -0.4 is 11.1 Å². The standard InChI is InChI=1S/C16H11BrN4/c17-12-3-1-10(8-18)15(7-12)21-14-4-2-11-9-20-6-5-13(11)16(14)19/h1-7,9,21H,19H2. The topological polar surface area (TPSA) is 74.7 Å². The first kappa shape index (κ1) is 13.4. The molecular formula is C16H11BrN4. The van der Waals surface area contributed by atoms with E-state index in [1.54, 1.807) is 18.5 Å². The smallest absolute Gasteiger partial charge is 0.101 e. The van der Waals surface area contributed by atoms with Crippen molar-refractivity contribution in [1.29, 1.82) is 5.26 Å². The Bertz CT molecular complexity index is 868. The monoisotopic (exact) mass is 338 g/mol. The van der Waals surface area contributed by atoms with E-state index in [1.807, 2.05) is 30.3 Å². The molecule has 0 atom stereocenters. The zero-order chi connectivity index (χ0) is 14.8. The molecule has 0 aliphatic heterocycles. The highest BCUT2D eigenvalue weighted by Crippen LogP contribution is 2.32. The maximum absolute atomic E-state index is 9.18. The van der Waals surface area contributed by atoms with E-state index < -0.39 is 0 Å². The van der Waals surface area contributed by atoms with Crippen LogP contribution in [-0.2, 0) is 0 Å². The van der Waals surface area contributed by atoms with Crippen LogP contribution in [-0.4, -0.2) is 4.98 Å². The van der Waals surface area contributed by atoms with Crippen LogP contribution in [0.25, 0.3) is 10.8 Å². The zero-order valence-electron chi connectivity index (χ0n) is 11.0. The Morgan fingerprint density at radius 3 is 2.81 bits per heavy atom. The molecule has 3 rings (SSSR count). The lowest BCUT2D eigenvalue weighted by Crippen LogP contribution is -1.99. The van der Waals surface area contributed by atoms with Crippen molar-refractivity contribution in [3.05, 3.63) is 58.8 Å². The first-order valence-corrected chi connectivity index (χ1v) is 7.07. The molecular weight excluding hydrogens is 328 g/mol. The number of nitrogens with zero attached hydrogens (tertiary/aromatic N) is 2. The summed E-state index contributed by atoms with van der Waals surface area (Å²) in [5.41, 5.74) is 8.89. The first-order chi connectivity index (χ1) is 10.2. The second kappa shape index (κ2) is 5.43. The van der Waals surface area contributed by atoms with Crippen LogP contribution in [0.2, 0.25) is 0 Å². The fraction of sp³-hybridized carbons (Fsp3) is 0. The number of hydrogen-bond donors (Lipinski definition) is 2. The molecule has 3 N–H and O–H groups in total. The highest BCUT2D eigenvalue weighted by Gasteiger charge is 2.08. The van der Waals surface area contributed by atoms with E-state index in [0.29, 0.717) is 16.9 Å². The molecule has 0 unspecified atom stereocenters. The summed E-state index contributed by atoms with van der Waals surface area (Å²) in [4.78, 5) is 4.08. The van der Waals surface area contributed by atoms with Crippen molar-refractivity contribution in [2.45, 2.75) is 0 Å². The predicted octanol–water partition coefficient (Wildman–Crippen LogP) is 4.19. The van der Waals surface area contributed by atoms with Gasteiger partial charge in [-0.15, -0.1) is 0 Å². The van der Waals surface area contributed by atoms with Gasteiger partial charge in [0.1, 0.15) is 6.07 Å². The van der Waals surface area contributed by atoms with Gasteiger partial charge in [-0.3, -0.25) is 4.98 Å². The van der Waals surface area contributed by atoms with Crippen LogP contribution in [0.1, 0.15) is 5.56 Å². The molecule has 0 spiro atoms. The Hall–Kier alpha value is -2.58. The molecule has 102 valence electrons. The SMILES string of the molecule is N#Cc1ccc(Br)cc1Nc1ccc2cnccc2c1N. The van der Waals surface area contributed by atoms with Crippen LogP contribution in [0.3, 0.4) is 0 Å². The van der Waals surface area contributed by atoms with Crippen LogP contribution in [0.15, 0.2) is 53.3 Å². The summed E-state index contributed by atoms with van der Waals surface area (Å²) < 4.78 is 0.896. The number of fused-ring (bicyclic) bond motifs is 1. The molecule has 2 aromatic carbocycles. The molecule has 0 fully saturated rings. The Labute approximate surface area is 130 Å². The molecule has 0 aliphatic rings. The van der Waals surface area contributed by atoms with Gasteiger partial charge in [0.2, 0.25) is 0 Å². The van der Waals surface area contributed by atoms with E-state index in [4.69, 9.17) is 5.73 Å². The predicted molar refractivity (Wildman–Crippen MR) is 88.3 cm³/mol. The van der Waals surface area contributed by atoms with Crippen molar-refractivity contribution < 1.29 is 0 Å². The van der Waals surface area contributed by atoms with Crippen molar-refractivity contribution in [3.63, 3.8) is 0 Å². The van der Waals surface area contributed by atoms with Gasteiger partial charge in [0.25, 0.3) is 0 Å². The molecule has 5 heteroatoms. The lowest BCUT2D eigenvalue weighted by atomic mass is 10.1. The van der Waals surface area contributed by atoms with Crippen LogP contribution in [0, 0.1) is 11.3 Å². The third-order valence-corrected chi connectivity index (χ3v) is 3.73. The van der Waals surface area contributed by atoms with Crippen molar-refractivity contribution >= 4 is 43.8 Å². The summed E-state index contributed by atoms with van der Waals surface area (Å²) in [7, 11) is 0. The Balaban J connectivity index is 2.09. The summed E-state index contributed by atoms with van der Waals surface area (Å²) in [6.45, 7) is 0. The van der Waals surface area contributed by atoms with Crippen molar-refractivity contribution in [1.82, 2.24) is 4.98 Å². The second-order valence-electron chi connectivity index (χ2n) is 4.55. The third kappa shape index (κ3) is 2.54. The molecule has 4 nitrogen and oxygen atoms in total. The van der Waals surface area contributed by atoms with Crippen molar-refractivity contribution in [2.75, 3.05) is 11.1 Å². The minimum absolute atomic E-state index is 0.562. The van der Waals surface area contributed by atoms with Gasteiger partial charge in [0.05, 0.1) is 22.6 Å². The summed E-state index contributed by atoms with van der Waals surface area (Å²) in [5.74, 6) is 0. The molecule has 0 amide bonds. The highest BCUT2D eigenvalue weighted by atomic mass is 79.9. The normalized spacial score (nSPS) is 10.3. The molecule has 0 saturated carbocycles. The number of nitriles is 1. The number of rotatable bonds is 2. The lowest BCUT2D eigenvalue weighted by Gasteiger charge is -2.13. The van der Waals surface area contributed by atoms with Crippen LogP contribution >= 0.6 is 15.9 Å². The Morgan fingerprint density at radius 2 is 2.00 bits per heavy atom. The number of benzene rings is 2. The number of anilines is 3. The van der Waals surface area contributed by atoms with E-state index in [0.717, 1.165) is 20.9 Å². The number of nitrogens with one attached hydrogen (secondary N) is 1. The summed E-state index contributed by atoms with van der Waals surface area (Å²) >= 11 is 3.41. The van der Waals surface area contributed by atoms with Crippen LogP contribution in [0.5, 0.6) is 0 Å². The van der Waals surface area contributed by atoms with Gasteiger partial charge in [-0.1, -0.05) is 22.0 Å². The van der Waals surface area contributed by atoms with Gasteiger partial charge >= 0.3 is 0 Å². The number of nitrogens with two attached hydrogens (primary N) is 1. The average Bonchev–Trinajstić information content (AvgIpc) is 2.51. The van der Waals surface area contributed by atoms with Gasteiger partial charge in [-0.2, -0.15) is 5.26 Å². The number of aromatic nitrogens is 1. The van der Waals surface area contributed by atoms with Gasteiger partial charge in [0.15, 0.2) is 0 Å². The summed E-state index contributed by atoms with van der Waals surface area (Å²) in [5, 5.41) is 14.3. The minimum atomic E-state index is 0.562. The van der Waals surface area contributed by atoms with Crippen LogP contribution in [0.4, 0.5) is 17.1 Å². The van der Waals surface area contributed by atoms with E-state index in [2.05, 4.69) is 32.3 Å². The summed E-state index contributed by atoms with van der Waals surface area (Å²) in [6, 6.07) is 13.3. The van der Waals surface area contributed by atoms with E-state index >= 15 is 0 Å². The summed E-state index contributed by atoms with van der Waals surface area (Å²) in [6.07, 6.45) is 3.48. The average molecular weight is 339 g/mol. The Kier molecular flexibility index (Phi) is 3.46. The molecule has 0 aliphatic carbocycles. The fourth-order valence-electron chi connectivity index (χ4n) is 2.16. The fourth-order valence-corrected chi connectivity index (χ4v) is 2.53. The molecule has 1 heterocycles. The maximum atomic E-state index is 9.18. The number of pyridine rings is 1. The second-order valence-corrected chi connectivity index (χ2v) is 5.47. The van der Waals surface area contributed by atoms with Gasteiger partial charge in [-0.25, -0.2) is 0 Å². The van der Waals surface area contributed by atoms with Gasteiger partial charge in [-0.05, 0) is 30.3 Å². The van der Waals surface area contributed by atoms with E-state index in [-0.39, 0.29) is 0 Å². The Morgan fingerprint density at radius 1 is 1.14 bits per heavy atom. The van der Waals surface area contributed by atoms with E-state index in [9.17, 15) is 5.26 Å². The molecule has 0 radical (unpaired) electrons. The van der Waals surface area contributed by atoms with Crippen molar-refractivity contribution in [2.24, 2.45) is 0 Å². The number of halogens is 1. The minimum Gasteiger partial charge on any atom is -0.397 e. The molecule has 0 bridgehead atoms. The molecule has 1 aromatic heterocycles. The lowest BCUT2D eigenvalue weighted by molar-refractivity contribution is 1.36. The maximum Gasteiger partial charge on any atom is 0.101 e. The molecule has 0 saturated heterocycles.